The van der Waals surface area contributed by atoms with Gasteiger partial charge in [0, 0.05) is 68.2 Å². The van der Waals surface area contributed by atoms with E-state index in [1.54, 1.807) is 0 Å². The summed E-state index contributed by atoms with van der Waals surface area (Å²) in [6, 6.07) is 122. The van der Waals surface area contributed by atoms with Gasteiger partial charge in [0.05, 0.1) is 0 Å². The Morgan fingerprint density at radius 2 is 0.422 bits per heavy atom. The minimum atomic E-state index is 0.0819. The molecular weight excluding hydrogens is 1230 g/mol. The maximum atomic E-state index is 2.50. The summed E-state index contributed by atoms with van der Waals surface area (Å²) < 4.78 is 0. The molecule has 0 saturated carbocycles. The van der Waals surface area contributed by atoms with Gasteiger partial charge in [0.2, 0.25) is 0 Å². The molecule has 0 bridgehead atoms. The zero-order valence-corrected chi connectivity index (χ0v) is 59.4. The SMILES string of the molecule is CC(C)c1ccc(-c2ccc(N3c4ccc(-c5ccc(C(C)C)cc5)cc4B4c5ccccc5N(c5ccc(C(C)C)cc5)c5cccc3c54)cc2)cc1.CC(C)c1ccc(-c2ccc3c(c2)B2c4ccccc4N(c4ccccc4)c4cccc(c42)N3c2ccc(-c3ccccc3)cc2)cc1. The van der Waals surface area contributed by atoms with E-state index in [1.807, 2.05) is 0 Å². The maximum absolute atomic E-state index is 2.50. The number of nitrogens with zero attached hydrogens (tertiary/aromatic N) is 4. The highest BCUT2D eigenvalue weighted by Gasteiger charge is 2.45. The molecule has 492 valence electrons. The van der Waals surface area contributed by atoms with E-state index >= 15 is 0 Å². The Bertz CT molecular complexity index is 5400. The highest BCUT2D eigenvalue weighted by atomic mass is 15.2. The number of rotatable bonds is 12. The zero-order chi connectivity index (χ0) is 69.3. The fraction of sp³-hybridized carbons (Fsp3) is 0.125. The quantitative estimate of drug-likeness (QED) is 0.113. The van der Waals surface area contributed by atoms with Gasteiger partial charge in [-0.1, -0.05) is 286 Å². The van der Waals surface area contributed by atoms with Crippen molar-refractivity contribution in [2.45, 2.75) is 79.1 Å². The molecule has 0 fully saturated rings. The van der Waals surface area contributed by atoms with Crippen molar-refractivity contribution in [1.29, 1.82) is 0 Å². The molecule has 6 heteroatoms. The average Bonchev–Trinajstić information content (AvgIpc) is 0.707. The van der Waals surface area contributed by atoms with Gasteiger partial charge in [-0.15, -0.1) is 0 Å². The molecule has 0 radical (unpaired) electrons. The molecule has 102 heavy (non-hydrogen) atoms. The van der Waals surface area contributed by atoms with E-state index < -0.39 is 0 Å². The monoisotopic (exact) mass is 1310 g/mol. The summed E-state index contributed by atoms with van der Waals surface area (Å²) in [5.74, 6) is 2.00. The Labute approximate surface area is 603 Å². The first-order chi connectivity index (χ1) is 49.9. The number of para-hydroxylation sites is 3. The third-order valence-corrected chi connectivity index (χ3v) is 21.7. The summed E-state index contributed by atoms with van der Waals surface area (Å²) >= 11 is 0. The Morgan fingerprint density at radius 1 is 0.186 bits per heavy atom. The van der Waals surface area contributed by atoms with Gasteiger partial charge in [0.1, 0.15) is 0 Å². The second-order valence-corrected chi connectivity index (χ2v) is 29.2. The van der Waals surface area contributed by atoms with E-state index in [0.29, 0.717) is 23.7 Å². The molecule has 4 aliphatic heterocycles. The summed E-state index contributed by atoms with van der Waals surface area (Å²) in [4.78, 5) is 9.90. The molecule has 18 rings (SSSR count). The molecule has 0 spiro atoms. The van der Waals surface area contributed by atoms with E-state index in [1.165, 1.54) is 156 Å². The normalized spacial score (nSPS) is 12.9. The number of fused-ring (bicyclic) bond motifs is 8. The van der Waals surface area contributed by atoms with E-state index in [4.69, 9.17) is 0 Å². The molecule has 14 aromatic carbocycles. The minimum Gasteiger partial charge on any atom is -0.311 e. The molecule has 0 N–H and O–H groups in total. The van der Waals surface area contributed by atoms with Crippen molar-refractivity contribution in [2.24, 2.45) is 0 Å². The zero-order valence-electron chi connectivity index (χ0n) is 59.4. The highest BCUT2D eigenvalue weighted by molar-refractivity contribution is 7.01. The first kappa shape index (κ1) is 63.8. The molecule has 14 aromatic rings. The van der Waals surface area contributed by atoms with Crippen molar-refractivity contribution in [3.63, 3.8) is 0 Å². The number of hydrogen-bond acceptors (Lipinski definition) is 4. The van der Waals surface area contributed by atoms with Crippen LogP contribution in [0.3, 0.4) is 0 Å². The van der Waals surface area contributed by atoms with Crippen LogP contribution in [-0.2, 0) is 0 Å². The maximum Gasteiger partial charge on any atom is 0.252 e. The highest BCUT2D eigenvalue weighted by Crippen LogP contribution is 2.48. The first-order valence-corrected chi connectivity index (χ1v) is 36.6. The lowest BCUT2D eigenvalue weighted by molar-refractivity contribution is 0.866. The number of benzene rings is 14. The van der Waals surface area contributed by atoms with Crippen LogP contribution in [0.25, 0.3) is 44.5 Å². The van der Waals surface area contributed by atoms with Crippen LogP contribution in [0.15, 0.2) is 328 Å². The Kier molecular flexibility index (Phi) is 16.6. The van der Waals surface area contributed by atoms with E-state index in [2.05, 4.69) is 403 Å². The second kappa shape index (κ2) is 26.5. The summed E-state index contributed by atoms with van der Waals surface area (Å²) in [6.45, 7) is 18.2. The van der Waals surface area contributed by atoms with E-state index in [9.17, 15) is 0 Å². The van der Waals surface area contributed by atoms with Crippen LogP contribution < -0.4 is 52.4 Å². The molecule has 0 aromatic heterocycles. The van der Waals surface area contributed by atoms with Crippen molar-refractivity contribution in [1.82, 2.24) is 0 Å². The lowest BCUT2D eigenvalue weighted by Crippen LogP contribution is -2.61. The van der Waals surface area contributed by atoms with Gasteiger partial charge in [-0.25, -0.2) is 0 Å². The largest absolute Gasteiger partial charge is 0.311 e. The van der Waals surface area contributed by atoms with E-state index in [0.717, 1.165) is 11.4 Å². The summed E-state index contributed by atoms with van der Waals surface area (Å²) in [7, 11) is 0. The van der Waals surface area contributed by atoms with Crippen LogP contribution in [-0.4, -0.2) is 13.4 Å². The predicted octanol–water partition coefficient (Wildman–Crippen LogP) is 22.7. The average molecular weight is 1310 g/mol. The van der Waals surface area contributed by atoms with Crippen molar-refractivity contribution in [3.05, 3.63) is 350 Å². The van der Waals surface area contributed by atoms with Crippen molar-refractivity contribution in [3.8, 4) is 44.5 Å². The molecule has 0 saturated heterocycles. The van der Waals surface area contributed by atoms with Crippen LogP contribution in [0, 0.1) is 0 Å². The number of anilines is 12. The second-order valence-electron chi connectivity index (χ2n) is 29.2. The molecule has 4 heterocycles. The van der Waals surface area contributed by atoms with Gasteiger partial charge in [0.25, 0.3) is 13.4 Å². The third kappa shape index (κ3) is 11.3. The molecular formula is C96H82B2N4. The summed E-state index contributed by atoms with van der Waals surface area (Å²) in [6.07, 6.45) is 0. The molecule has 4 nitrogen and oxygen atoms in total. The van der Waals surface area contributed by atoms with Crippen molar-refractivity contribution < 1.29 is 0 Å². The standard InChI is InChI=1S/C51H47BN2.C45H35BN2/c1-33(2)36-14-18-39(19-15-36)40-24-29-44(30-25-40)54-48-31-26-42(41-20-16-37(17-21-41)34(3)4)32-46(48)52-45-10-7-8-11-47(45)53(49-12-9-13-50(54)51(49)52)43-27-22-38(23-28-43)35(5)6;1-31(2)32-20-22-35(23-21-32)36-26-29-42-40(30-36)46-39-16-9-10-17-41(39)47(37-14-7-4-8-15-37)43-18-11-19-44(45(43)46)48(42)38-27-24-34(25-28-38)33-12-5-3-6-13-33/h7-35H,1-6H3;3-31H,1-2H3. The Balaban J connectivity index is 0.000000153. The molecule has 0 unspecified atom stereocenters. The van der Waals surface area contributed by atoms with Gasteiger partial charge in [-0.05, 0) is 220 Å². The molecule has 0 amide bonds. The van der Waals surface area contributed by atoms with Crippen LogP contribution >= 0.6 is 0 Å². The van der Waals surface area contributed by atoms with Crippen LogP contribution in [0.1, 0.15) is 101 Å². The van der Waals surface area contributed by atoms with Gasteiger partial charge >= 0.3 is 0 Å². The third-order valence-electron chi connectivity index (χ3n) is 21.7. The smallest absolute Gasteiger partial charge is 0.252 e. The fourth-order valence-electron chi connectivity index (χ4n) is 16.3. The molecule has 4 aliphatic rings. The first-order valence-electron chi connectivity index (χ1n) is 36.6. The van der Waals surface area contributed by atoms with Crippen molar-refractivity contribution >= 4 is 114 Å². The van der Waals surface area contributed by atoms with Gasteiger partial charge < -0.3 is 19.6 Å². The van der Waals surface area contributed by atoms with Crippen LogP contribution in [0.2, 0.25) is 0 Å². The Morgan fingerprint density at radius 3 is 0.765 bits per heavy atom. The summed E-state index contributed by atoms with van der Waals surface area (Å²) in [5.41, 5.74) is 37.8. The van der Waals surface area contributed by atoms with Gasteiger partial charge in [0.15, 0.2) is 0 Å². The topological polar surface area (TPSA) is 13.0 Å². The minimum absolute atomic E-state index is 0.0819. The van der Waals surface area contributed by atoms with Crippen LogP contribution in [0.5, 0.6) is 0 Å². The molecule has 0 atom stereocenters. The van der Waals surface area contributed by atoms with E-state index in [-0.39, 0.29) is 13.4 Å². The number of hydrogen-bond donors (Lipinski definition) is 0. The van der Waals surface area contributed by atoms with Crippen LogP contribution in [0.4, 0.5) is 68.2 Å². The summed E-state index contributed by atoms with van der Waals surface area (Å²) in [5, 5.41) is 0. The predicted molar refractivity (Wildman–Crippen MR) is 439 cm³/mol. The lowest BCUT2D eigenvalue weighted by Gasteiger charge is -2.44. The van der Waals surface area contributed by atoms with Gasteiger partial charge in [-0.2, -0.15) is 0 Å². The Hall–Kier alpha value is -11.6. The molecule has 0 aliphatic carbocycles. The van der Waals surface area contributed by atoms with Gasteiger partial charge in [-0.3, -0.25) is 0 Å². The fourth-order valence-corrected chi connectivity index (χ4v) is 16.3. The van der Waals surface area contributed by atoms with Crippen molar-refractivity contribution in [2.75, 3.05) is 19.6 Å². The lowest BCUT2D eigenvalue weighted by atomic mass is 9.33.